The third-order valence-electron chi connectivity index (χ3n) is 1.13. The molecule has 2 nitrogen and oxygen atoms in total. The summed E-state index contributed by atoms with van der Waals surface area (Å²) in [5, 5.41) is 8.89. The van der Waals surface area contributed by atoms with Gasteiger partial charge in [-0.3, -0.25) is 0 Å². The number of aromatic hydroxyl groups is 1. The second kappa shape index (κ2) is 3.01. The van der Waals surface area contributed by atoms with Crippen LogP contribution in [0.1, 0.15) is 12.5 Å². The van der Waals surface area contributed by atoms with E-state index in [1.807, 2.05) is 25.1 Å². The van der Waals surface area contributed by atoms with E-state index in [1.165, 1.54) is 0 Å². The zero-order valence-corrected chi connectivity index (χ0v) is 5.78. The van der Waals surface area contributed by atoms with Crippen molar-refractivity contribution < 1.29 is 5.11 Å². The predicted molar refractivity (Wildman–Crippen MR) is 40.6 cm³/mol. The smallest absolute Gasteiger partial charge is 0.211 e. The van der Waals surface area contributed by atoms with Gasteiger partial charge in [-0.05, 0) is 18.6 Å². The number of allylic oxidation sites excluding steroid dienone is 1. The highest BCUT2D eigenvalue weighted by Crippen LogP contribution is 2.07. The summed E-state index contributed by atoms with van der Waals surface area (Å²) in [6.45, 7) is 1.93. The molecule has 0 amide bonds. The molecular weight excluding hydrogens is 126 g/mol. The fraction of sp³-hybridized carbons (Fsp3) is 0.125. The normalized spacial score (nSPS) is 10.5. The minimum Gasteiger partial charge on any atom is -0.493 e. The lowest BCUT2D eigenvalue weighted by atomic mass is 10.2. The fourth-order valence-corrected chi connectivity index (χ4v) is 0.730. The Labute approximate surface area is 59.9 Å². The summed E-state index contributed by atoms with van der Waals surface area (Å²) in [6.07, 6.45) is 5.39. The molecule has 1 rings (SSSR count). The van der Waals surface area contributed by atoms with Crippen molar-refractivity contribution in [2.45, 2.75) is 6.92 Å². The molecular formula is C8H9NO. The lowest BCUT2D eigenvalue weighted by Crippen LogP contribution is -1.74. The van der Waals surface area contributed by atoms with Crippen LogP contribution in [-0.4, -0.2) is 10.1 Å². The number of nitrogens with zero attached hydrogens (tertiary/aromatic N) is 1. The van der Waals surface area contributed by atoms with E-state index in [4.69, 9.17) is 5.11 Å². The monoisotopic (exact) mass is 135 g/mol. The molecule has 10 heavy (non-hydrogen) atoms. The summed E-state index contributed by atoms with van der Waals surface area (Å²) in [5.74, 6) is 0.0654. The van der Waals surface area contributed by atoms with Crippen molar-refractivity contribution in [1.29, 1.82) is 0 Å². The number of aromatic nitrogens is 1. The molecule has 0 saturated heterocycles. The summed E-state index contributed by atoms with van der Waals surface area (Å²) in [5.41, 5.74) is 0.968. The number of hydrogen-bond acceptors (Lipinski definition) is 2. The minimum absolute atomic E-state index is 0.0654. The average molecular weight is 135 g/mol. The van der Waals surface area contributed by atoms with Crippen molar-refractivity contribution in [3.8, 4) is 5.88 Å². The predicted octanol–water partition coefficient (Wildman–Crippen LogP) is 1.82. The van der Waals surface area contributed by atoms with E-state index in [9.17, 15) is 0 Å². The maximum atomic E-state index is 8.89. The summed E-state index contributed by atoms with van der Waals surface area (Å²) >= 11 is 0. The maximum absolute atomic E-state index is 8.89. The van der Waals surface area contributed by atoms with Gasteiger partial charge in [-0.15, -0.1) is 0 Å². The lowest BCUT2D eigenvalue weighted by Gasteiger charge is -1.91. The Morgan fingerprint density at radius 1 is 1.60 bits per heavy atom. The van der Waals surface area contributed by atoms with E-state index in [0.29, 0.717) is 0 Å². The first-order chi connectivity index (χ1) is 4.83. The van der Waals surface area contributed by atoms with E-state index in [1.54, 1.807) is 12.3 Å². The summed E-state index contributed by atoms with van der Waals surface area (Å²) in [4.78, 5) is 3.64. The first-order valence-electron chi connectivity index (χ1n) is 3.10. The maximum Gasteiger partial charge on any atom is 0.211 e. The molecule has 0 bridgehead atoms. The zero-order valence-electron chi connectivity index (χ0n) is 5.78. The molecule has 0 aliphatic heterocycles. The van der Waals surface area contributed by atoms with Crippen molar-refractivity contribution in [1.82, 2.24) is 4.98 Å². The van der Waals surface area contributed by atoms with Crippen molar-refractivity contribution in [2.75, 3.05) is 0 Å². The van der Waals surface area contributed by atoms with Crippen LogP contribution in [0.4, 0.5) is 0 Å². The van der Waals surface area contributed by atoms with Gasteiger partial charge >= 0.3 is 0 Å². The highest BCUT2D eigenvalue weighted by atomic mass is 16.3. The minimum atomic E-state index is 0.0654. The fourth-order valence-electron chi connectivity index (χ4n) is 0.730. The van der Waals surface area contributed by atoms with Crippen LogP contribution in [0.15, 0.2) is 24.4 Å². The van der Waals surface area contributed by atoms with Crippen LogP contribution in [0.25, 0.3) is 6.08 Å². The van der Waals surface area contributed by atoms with Crippen LogP contribution in [0, 0.1) is 0 Å². The first-order valence-corrected chi connectivity index (χ1v) is 3.10. The van der Waals surface area contributed by atoms with E-state index in [2.05, 4.69) is 4.98 Å². The van der Waals surface area contributed by atoms with Crippen LogP contribution < -0.4 is 0 Å². The van der Waals surface area contributed by atoms with Crippen molar-refractivity contribution in [3.63, 3.8) is 0 Å². The summed E-state index contributed by atoms with van der Waals surface area (Å²) < 4.78 is 0. The molecule has 0 atom stereocenters. The summed E-state index contributed by atoms with van der Waals surface area (Å²) in [6, 6.07) is 3.44. The van der Waals surface area contributed by atoms with E-state index in [0.717, 1.165) is 5.56 Å². The molecule has 0 unspecified atom stereocenters. The Morgan fingerprint density at radius 2 is 2.40 bits per heavy atom. The first kappa shape index (κ1) is 6.81. The van der Waals surface area contributed by atoms with E-state index in [-0.39, 0.29) is 5.88 Å². The third kappa shape index (κ3) is 1.58. The molecule has 0 aromatic carbocycles. The Morgan fingerprint density at radius 3 is 3.00 bits per heavy atom. The molecule has 0 aliphatic rings. The van der Waals surface area contributed by atoms with Gasteiger partial charge in [0, 0.05) is 12.3 Å². The molecule has 1 aromatic rings. The van der Waals surface area contributed by atoms with Gasteiger partial charge in [-0.25, -0.2) is 4.98 Å². The molecule has 1 heterocycles. The topological polar surface area (TPSA) is 33.1 Å². The molecule has 0 aliphatic carbocycles. The molecule has 1 N–H and O–H groups in total. The van der Waals surface area contributed by atoms with Crippen LogP contribution >= 0.6 is 0 Å². The zero-order chi connectivity index (χ0) is 7.40. The Bertz CT molecular complexity index is 243. The number of pyridine rings is 1. The quantitative estimate of drug-likeness (QED) is 0.637. The Kier molecular flexibility index (Phi) is 2.05. The number of rotatable bonds is 1. The highest BCUT2D eigenvalue weighted by molar-refractivity contribution is 5.49. The summed E-state index contributed by atoms with van der Waals surface area (Å²) in [7, 11) is 0. The van der Waals surface area contributed by atoms with Crippen molar-refractivity contribution in [2.24, 2.45) is 0 Å². The van der Waals surface area contributed by atoms with Gasteiger partial charge in [-0.1, -0.05) is 12.2 Å². The van der Waals surface area contributed by atoms with Gasteiger partial charge in [0.15, 0.2) is 0 Å². The van der Waals surface area contributed by atoms with Gasteiger partial charge in [0.1, 0.15) is 0 Å². The van der Waals surface area contributed by atoms with Gasteiger partial charge in [0.2, 0.25) is 5.88 Å². The molecule has 1 aromatic heterocycles. The Hall–Kier alpha value is -1.31. The van der Waals surface area contributed by atoms with Crippen LogP contribution in [-0.2, 0) is 0 Å². The molecule has 0 saturated carbocycles. The van der Waals surface area contributed by atoms with Crippen LogP contribution in [0.5, 0.6) is 5.88 Å². The third-order valence-corrected chi connectivity index (χ3v) is 1.13. The molecule has 0 radical (unpaired) electrons. The van der Waals surface area contributed by atoms with Crippen LogP contribution in [0.3, 0.4) is 0 Å². The van der Waals surface area contributed by atoms with Crippen LogP contribution in [0.2, 0.25) is 0 Å². The molecule has 52 valence electrons. The largest absolute Gasteiger partial charge is 0.493 e. The average Bonchev–Trinajstić information content (AvgIpc) is 1.88. The van der Waals surface area contributed by atoms with E-state index < -0.39 is 0 Å². The van der Waals surface area contributed by atoms with Crippen molar-refractivity contribution in [3.05, 3.63) is 30.0 Å². The Balaban J connectivity index is 2.95. The highest BCUT2D eigenvalue weighted by Gasteiger charge is 1.87. The van der Waals surface area contributed by atoms with Crippen molar-refractivity contribution >= 4 is 6.08 Å². The van der Waals surface area contributed by atoms with Gasteiger partial charge in [0.25, 0.3) is 0 Å². The van der Waals surface area contributed by atoms with E-state index >= 15 is 0 Å². The number of hydrogen-bond donors (Lipinski definition) is 1. The molecule has 0 spiro atoms. The van der Waals surface area contributed by atoms with Gasteiger partial charge < -0.3 is 5.11 Å². The lowest BCUT2D eigenvalue weighted by molar-refractivity contribution is 0.453. The van der Waals surface area contributed by atoms with Gasteiger partial charge in [-0.2, -0.15) is 0 Å². The standard InChI is InChI=1S/C8H9NO/c1-2-3-7-4-5-9-8(10)6-7/h2-6H,1H3,(H,9,10)/b3-2+. The molecule has 0 fully saturated rings. The van der Waals surface area contributed by atoms with Gasteiger partial charge in [0.05, 0.1) is 0 Å². The second-order valence-electron chi connectivity index (χ2n) is 1.95. The molecule has 2 heteroatoms. The second-order valence-corrected chi connectivity index (χ2v) is 1.95. The SMILES string of the molecule is C/C=C/c1ccnc(O)c1.